The number of carboxylic acid groups (broad SMARTS) is 1. The molecular formula is C8H14N2O4S. The number of aliphatic imine (C=N–C) groups is 1. The third-order valence-electron chi connectivity index (χ3n) is 1.16. The second kappa shape index (κ2) is 7.10. The molecule has 0 saturated heterocycles. The minimum atomic E-state index is -2.70. The van der Waals surface area contributed by atoms with Crippen molar-refractivity contribution in [2.75, 3.05) is 26.4 Å². The van der Waals surface area contributed by atoms with Crippen LogP contribution in [0.15, 0.2) is 4.99 Å². The zero-order chi connectivity index (χ0) is 14.3. The predicted molar refractivity (Wildman–Crippen MR) is 58.2 cm³/mol. The second-order valence-electron chi connectivity index (χ2n) is 2.28. The largest absolute Gasteiger partial charge is 0.480 e. The van der Waals surface area contributed by atoms with Crippen LogP contribution in [0.2, 0.25) is 0 Å². The summed E-state index contributed by atoms with van der Waals surface area (Å²) < 4.78 is 26.2. The lowest BCUT2D eigenvalue weighted by Gasteiger charge is -2.16. The average Bonchev–Trinajstić information content (AvgIpc) is 2.21. The van der Waals surface area contributed by atoms with E-state index in [2.05, 4.69) is 9.73 Å². The van der Waals surface area contributed by atoms with Gasteiger partial charge in [-0.15, -0.1) is 0 Å². The van der Waals surface area contributed by atoms with Crippen molar-refractivity contribution in [3.63, 3.8) is 0 Å². The summed E-state index contributed by atoms with van der Waals surface area (Å²) in [4.78, 5) is 25.7. The van der Waals surface area contributed by atoms with Gasteiger partial charge in [0.1, 0.15) is 6.54 Å². The summed E-state index contributed by atoms with van der Waals surface area (Å²) in [6, 6.07) is 0. The molecule has 0 unspecified atom stereocenters. The summed E-state index contributed by atoms with van der Waals surface area (Å²) >= 11 is 0.853. The number of amides is 1. The van der Waals surface area contributed by atoms with Crippen LogP contribution in [0.5, 0.6) is 0 Å². The second-order valence-corrected chi connectivity index (χ2v) is 3.05. The molecule has 0 bridgehead atoms. The molecule has 0 aliphatic rings. The normalized spacial score (nSPS) is 14.8. The van der Waals surface area contributed by atoms with E-state index in [1.807, 2.05) is 0 Å². The maximum Gasteiger partial charge on any atom is 0.436 e. The van der Waals surface area contributed by atoms with Gasteiger partial charge in [-0.25, -0.2) is 4.79 Å². The van der Waals surface area contributed by atoms with Crippen LogP contribution >= 0.6 is 11.8 Å². The van der Waals surface area contributed by atoms with Gasteiger partial charge < -0.3 is 14.7 Å². The summed E-state index contributed by atoms with van der Waals surface area (Å²) in [6.45, 7) is -1.82. The van der Waals surface area contributed by atoms with Crippen LogP contribution in [-0.2, 0) is 9.53 Å². The number of aliphatic carboxylic acids is 1. The van der Waals surface area contributed by atoms with Gasteiger partial charge in [0.2, 0.25) is 0 Å². The van der Waals surface area contributed by atoms with Crippen molar-refractivity contribution in [2.24, 2.45) is 4.99 Å². The van der Waals surface area contributed by atoms with Gasteiger partial charge in [0.15, 0.2) is 5.17 Å². The highest BCUT2D eigenvalue weighted by molar-refractivity contribution is 8.13. The first-order valence-corrected chi connectivity index (χ1v) is 5.23. The quantitative estimate of drug-likeness (QED) is 0.580. The summed E-state index contributed by atoms with van der Waals surface area (Å²) in [7, 11) is 0. The SMILES string of the molecule is [2H]C([2H])([2H])N(CC(=O)O)C(=NC(=O)OCC)SC. The topological polar surface area (TPSA) is 79.2 Å². The van der Waals surface area contributed by atoms with Crippen molar-refractivity contribution in [3.05, 3.63) is 0 Å². The van der Waals surface area contributed by atoms with Crippen LogP contribution in [0.25, 0.3) is 0 Å². The van der Waals surface area contributed by atoms with E-state index >= 15 is 0 Å². The Morgan fingerprint density at radius 2 is 2.33 bits per heavy atom. The van der Waals surface area contributed by atoms with E-state index in [4.69, 9.17) is 9.22 Å². The zero-order valence-electron chi connectivity index (χ0n) is 11.4. The van der Waals surface area contributed by atoms with Gasteiger partial charge in [-0.2, -0.15) is 4.99 Å². The van der Waals surface area contributed by atoms with Gasteiger partial charge in [-0.3, -0.25) is 4.79 Å². The molecule has 0 aliphatic heterocycles. The van der Waals surface area contributed by atoms with Gasteiger partial charge in [-0.05, 0) is 13.2 Å². The molecule has 0 fully saturated rings. The number of ether oxygens (including phenoxy) is 1. The van der Waals surface area contributed by atoms with Crippen LogP contribution < -0.4 is 0 Å². The molecule has 0 heterocycles. The minimum Gasteiger partial charge on any atom is -0.480 e. The van der Waals surface area contributed by atoms with Gasteiger partial charge in [-0.1, -0.05) is 11.8 Å². The first-order chi connectivity index (χ1) is 8.22. The molecule has 0 saturated carbocycles. The summed E-state index contributed by atoms with van der Waals surface area (Å²) in [5.41, 5.74) is 0. The van der Waals surface area contributed by atoms with Crippen molar-refractivity contribution >= 4 is 29.0 Å². The number of carboxylic acids is 1. The Balaban J connectivity index is 5.15. The van der Waals surface area contributed by atoms with Crippen LogP contribution in [0, 0.1) is 0 Å². The molecule has 86 valence electrons. The zero-order valence-corrected chi connectivity index (χ0v) is 9.21. The molecule has 1 amide bonds. The van der Waals surface area contributed by atoms with E-state index in [1.165, 1.54) is 6.26 Å². The van der Waals surface area contributed by atoms with Crippen molar-refractivity contribution in [2.45, 2.75) is 6.92 Å². The number of nitrogens with zero attached hydrogens (tertiary/aromatic N) is 2. The summed E-state index contributed by atoms with van der Waals surface area (Å²) in [6.07, 6.45) is 0.528. The van der Waals surface area contributed by atoms with E-state index < -0.39 is 25.6 Å². The number of hydrogen-bond donors (Lipinski definition) is 1. The van der Waals surface area contributed by atoms with E-state index in [0.717, 1.165) is 11.8 Å². The van der Waals surface area contributed by atoms with E-state index in [0.29, 0.717) is 4.90 Å². The first-order valence-electron chi connectivity index (χ1n) is 5.51. The highest BCUT2D eigenvalue weighted by Crippen LogP contribution is 2.04. The molecule has 0 aromatic carbocycles. The molecular weight excluding hydrogens is 220 g/mol. The molecule has 0 aliphatic carbocycles. The highest BCUT2D eigenvalue weighted by atomic mass is 32.2. The third-order valence-corrected chi connectivity index (χ3v) is 1.84. The van der Waals surface area contributed by atoms with E-state index in [-0.39, 0.29) is 11.8 Å². The number of amidine groups is 1. The van der Waals surface area contributed by atoms with E-state index in [9.17, 15) is 9.59 Å². The molecule has 0 aromatic heterocycles. The molecule has 0 rings (SSSR count). The molecule has 0 atom stereocenters. The van der Waals surface area contributed by atoms with Gasteiger partial charge in [0, 0.05) is 11.1 Å². The molecule has 0 spiro atoms. The molecule has 0 radical (unpaired) electrons. The highest BCUT2D eigenvalue weighted by Gasteiger charge is 2.11. The predicted octanol–water partition coefficient (Wildman–Crippen LogP) is 0.878. The fraction of sp³-hybridized carbons (Fsp3) is 0.625. The van der Waals surface area contributed by atoms with Crippen molar-refractivity contribution in [1.82, 2.24) is 4.90 Å². The van der Waals surface area contributed by atoms with Gasteiger partial charge in [0.05, 0.1) is 6.61 Å². The lowest BCUT2D eigenvalue weighted by molar-refractivity contribution is -0.137. The minimum absolute atomic E-state index is 0.0939. The van der Waals surface area contributed by atoms with Gasteiger partial charge >= 0.3 is 12.1 Å². The number of thioether (sulfide) groups is 1. The lowest BCUT2D eigenvalue weighted by atomic mass is 10.6. The van der Waals surface area contributed by atoms with Crippen LogP contribution in [0.4, 0.5) is 4.79 Å². The Morgan fingerprint density at radius 3 is 2.73 bits per heavy atom. The smallest absolute Gasteiger partial charge is 0.436 e. The maximum atomic E-state index is 11.1. The summed E-state index contributed by atoms with van der Waals surface area (Å²) in [5.74, 6) is -1.34. The monoisotopic (exact) mass is 237 g/mol. The summed E-state index contributed by atoms with van der Waals surface area (Å²) in [5, 5.41) is 8.43. The molecule has 7 heteroatoms. The number of carbonyl (C=O) groups excluding carboxylic acids is 1. The maximum absolute atomic E-state index is 11.1. The fourth-order valence-electron chi connectivity index (χ4n) is 0.653. The number of rotatable bonds is 3. The Kier molecular flexibility index (Phi) is 4.27. The van der Waals surface area contributed by atoms with Crippen molar-refractivity contribution in [3.8, 4) is 0 Å². The molecule has 1 N–H and O–H groups in total. The molecule has 15 heavy (non-hydrogen) atoms. The van der Waals surface area contributed by atoms with E-state index in [1.54, 1.807) is 6.92 Å². The van der Waals surface area contributed by atoms with Crippen molar-refractivity contribution < 1.29 is 23.5 Å². The third kappa shape index (κ3) is 5.95. The van der Waals surface area contributed by atoms with Crippen molar-refractivity contribution in [1.29, 1.82) is 0 Å². The Morgan fingerprint density at radius 1 is 1.67 bits per heavy atom. The number of carbonyl (C=O) groups is 2. The van der Waals surface area contributed by atoms with Crippen LogP contribution in [0.3, 0.4) is 0 Å². The van der Waals surface area contributed by atoms with Gasteiger partial charge in [0.25, 0.3) is 0 Å². The van der Waals surface area contributed by atoms with Crippen LogP contribution in [0.1, 0.15) is 11.0 Å². The Labute approximate surface area is 96.5 Å². The first kappa shape index (κ1) is 9.02. The standard InChI is InChI=1S/C8H14N2O4S/c1-4-14-8(13)9-7(15-3)10(2)5-6(11)12/h4-5H2,1-3H3,(H,11,12)/i2D3. The average molecular weight is 237 g/mol. The van der Waals surface area contributed by atoms with Crippen LogP contribution in [-0.4, -0.2) is 53.6 Å². The number of likely N-dealkylation sites (N-methyl/N-ethyl adjacent to an activating group) is 1. The Bertz CT molecular complexity index is 346. The Hall–Kier alpha value is -1.24. The molecule has 6 nitrogen and oxygen atoms in total. The number of hydrogen-bond acceptors (Lipinski definition) is 4. The fourth-order valence-corrected chi connectivity index (χ4v) is 1.10. The molecule has 0 aromatic rings. The lowest BCUT2D eigenvalue weighted by Crippen LogP contribution is -2.30.